The summed E-state index contributed by atoms with van der Waals surface area (Å²) < 4.78 is 6.05. The first-order valence-electron chi connectivity index (χ1n) is 8.60. The number of benzene rings is 3. The Balaban J connectivity index is 1.54. The molecule has 7 heteroatoms. The Labute approximate surface area is 169 Å². The number of nitrogens with zero attached hydrogens (tertiary/aromatic N) is 1. The second-order valence-electron chi connectivity index (χ2n) is 6.37. The number of aryl methyl sites for hydroxylation is 1. The SMILES string of the molecule is Cc1ccc(-c2ccc(NC(=O)Nc3cccc(Br)c3)cc2)c2c(N)onc12. The van der Waals surface area contributed by atoms with Crippen molar-refractivity contribution in [3.8, 4) is 11.1 Å². The summed E-state index contributed by atoms with van der Waals surface area (Å²) >= 11 is 3.38. The van der Waals surface area contributed by atoms with Crippen LogP contribution in [0.1, 0.15) is 5.56 Å². The number of carbonyl (C=O) groups excluding carboxylic acids is 1. The molecule has 0 aliphatic carbocycles. The fourth-order valence-corrected chi connectivity index (χ4v) is 3.44. The summed E-state index contributed by atoms with van der Waals surface area (Å²) in [5.41, 5.74) is 11.0. The number of urea groups is 1. The maximum atomic E-state index is 12.2. The summed E-state index contributed by atoms with van der Waals surface area (Å²) in [7, 11) is 0. The Bertz CT molecular complexity index is 1170. The van der Waals surface area contributed by atoms with Crippen LogP contribution in [0.5, 0.6) is 0 Å². The van der Waals surface area contributed by atoms with E-state index in [1.54, 1.807) is 0 Å². The maximum absolute atomic E-state index is 12.2. The van der Waals surface area contributed by atoms with Gasteiger partial charge in [-0.05, 0) is 53.9 Å². The van der Waals surface area contributed by atoms with E-state index >= 15 is 0 Å². The van der Waals surface area contributed by atoms with Crippen LogP contribution in [0.25, 0.3) is 22.0 Å². The van der Waals surface area contributed by atoms with Crippen molar-refractivity contribution in [2.24, 2.45) is 0 Å². The third-order valence-electron chi connectivity index (χ3n) is 4.40. The fourth-order valence-electron chi connectivity index (χ4n) is 3.04. The highest BCUT2D eigenvalue weighted by molar-refractivity contribution is 9.10. The van der Waals surface area contributed by atoms with Gasteiger partial charge in [-0.3, -0.25) is 0 Å². The maximum Gasteiger partial charge on any atom is 0.323 e. The predicted octanol–water partition coefficient (Wildman–Crippen LogP) is 5.79. The van der Waals surface area contributed by atoms with Crippen LogP contribution >= 0.6 is 15.9 Å². The molecular formula is C21H17BrN4O2. The van der Waals surface area contributed by atoms with Crippen molar-refractivity contribution in [1.29, 1.82) is 0 Å². The minimum atomic E-state index is -0.313. The fraction of sp³-hybridized carbons (Fsp3) is 0.0476. The largest absolute Gasteiger partial charge is 0.367 e. The quantitative estimate of drug-likeness (QED) is 0.378. The molecule has 140 valence electrons. The number of aromatic nitrogens is 1. The van der Waals surface area contributed by atoms with E-state index in [4.69, 9.17) is 10.3 Å². The lowest BCUT2D eigenvalue weighted by Gasteiger charge is -2.09. The van der Waals surface area contributed by atoms with Crippen molar-refractivity contribution in [1.82, 2.24) is 5.16 Å². The van der Waals surface area contributed by atoms with E-state index in [2.05, 4.69) is 31.7 Å². The minimum absolute atomic E-state index is 0.296. The van der Waals surface area contributed by atoms with Gasteiger partial charge < -0.3 is 20.9 Å². The smallest absolute Gasteiger partial charge is 0.323 e. The van der Waals surface area contributed by atoms with Crippen LogP contribution in [-0.2, 0) is 0 Å². The number of nitrogens with two attached hydrogens (primary N) is 1. The lowest BCUT2D eigenvalue weighted by Crippen LogP contribution is -2.19. The molecule has 0 saturated heterocycles. The number of amides is 2. The summed E-state index contributed by atoms with van der Waals surface area (Å²) in [5.74, 6) is 0.296. The molecule has 1 heterocycles. The first-order valence-corrected chi connectivity index (χ1v) is 9.39. The van der Waals surface area contributed by atoms with Crippen molar-refractivity contribution in [2.75, 3.05) is 16.4 Å². The number of carbonyl (C=O) groups is 1. The van der Waals surface area contributed by atoms with E-state index in [-0.39, 0.29) is 6.03 Å². The molecule has 4 aromatic rings. The Hall–Kier alpha value is -3.32. The van der Waals surface area contributed by atoms with E-state index in [1.807, 2.05) is 67.6 Å². The van der Waals surface area contributed by atoms with E-state index in [1.165, 1.54) is 0 Å². The van der Waals surface area contributed by atoms with Crippen molar-refractivity contribution in [3.05, 3.63) is 70.7 Å². The van der Waals surface area contributed by atoms with E-state index in [0.717, 1.165) is 32.1 Å². The number of hydrogen-bond donors (Lipinski definition) is 3. The molecular weight excluding hydrogens is 420 g/mol. The Morgan fingerprint density at radius 1 is 1.04 bits per heavy atom. The standard InChI is InChI=1S/C21H17BrN4O2/c1-12-5-10-17(18-19(12)26-28-20(18)23)13-6-8-15(9-7-13)24-21(27)25-16-4-2-3-14(22)11-16/h2-11H,23H2,1H3,(H2,24,25,27). The Morgan fingerprint density at radius 2 is 1.79 bits per heavy atom. The molecule has 6 nitrogen and oxygen atoms in total. The highest BCUT2D eigenvalue weighted by Crippen LogP contribution is 2.34. The molecule has 0 bridgehead atoms. The molecule has 4 N–H and O–H groups in total. The minimum Gasteiger partial charge on any atom is -0.367 e. The van der Waals surface area contributed by atoms with Gasteiger partial charge in [-0.15, -0.1) is 0 Å². The van der Waals surface area contributed by atoms with Crippen molar-refractivity contribution in [2.45, 2.75) is 6.92 Å². The van der Waals surface area contributed by atoms with Gasteiger partial charge in [0.25, 0.3) is 0 Å². The summed E-state index contributed by atoms with van der Waals surface area (Å²) in [5, 5.41) is 10.5. The Morgan fingerprint density at radius 3 is 2.54 bits per heavy atom. The second-order valence-corrected chi connectivity index (χ2v) is 7.28. The average Bonchev–Trinajstić information content (AvgIpc) is 3.06. The molecule has 0 aliphatic rings. The zero-order valence-electron chi connectivity index (χ0n) is 15.0. The van der Waals surface area contributed by atoms with Crippen LogP contribution in [0.3, 0.4) is 0 Å². The molecule has 0 unspecified atom stereocenters. The van der Waals surface area contributed by atoms with Gasteiger partial charge in [0.15, 0.2) is 0 Å². The lowest BCUT2D eigenvalue weighted by molar-refractivity contribution is 0.262. The van der Waals surface area contributed by atoms with Crippen LogP contribution < -0.4 is 16.4 Å². The first-order chi connectivity index (χ1) is 13.5. The Kier molecular flexibility index (Phi) is 4.75. The van der Waals surface area contributed by atoms with Gasteiger partial charge in [0.05, 0.1) is 5.39 Å². The van der Waals surface area contributed by atoms with Gasteiger partial charge in [0.2, 0.25) is 5.88 Å². The van der Waals surface area contributed by atoms with Gasteiger partial charge in [0, 0.05) is 15.8 Å². The van der Waals surface area contributed by atoms with Gasteiger partial charge in [-0.25, -0.2) is 4.79 Å². The van der Waals surface area contributed by atoms with Crippen LogP contribution in [0.2, 0.25) is 0 Å². The molecule has 1 aromatic heterocycles. The van der Waals surface area contributed by atoms with Crippen molar-refractivity contribution >= 4 is 50.1 Å². The molecule has 4 rings (SSSR count). The van der Waals surface area contributed by atoms with E-state index in [0.29, 0.717) is 17.3 Å². The summed E-state index contributed by atoms with van der Waals surface area (Å²) in [6.07, 6.45) is 0. The number of hydrogen-bond acceptors (Lipinski definition) is 4. The lowest BCUT2D eigenvalue weighted by atomic mass is 9.99. The molecule has 0 fully saturated rings. The van der Waals surface area contributed by atoms with Gasteiger partial charge in [-0.2, -0.15) is 0 Å². The number of anilines is 3. The number of nitrogens with one attached hydrogen (secondary N) is 2. The normalized spacial score (nSPS) is 10.8. The highest BCUT2D eigenvalue weighted by Gasteiger charge is 2.14. The van der Waals surface area contributed by atoms with Crippen molar-refractivity contribution < 1.29 is 9.32 Å². The molecule has 3 aromatic carbocycles. The average molecular weight is 437 g/mol. The van der Waals surface area contributed by atoms with Crippen LogP contribution in [-0.4, -0.2) is 11.2 Å². The zero-order valence-corrected chi connectivity index (χ0v) is 16.6. The monoisotopic (exact) mass is 436 g/mol. The predicted molar refractivity (Wildman–Crippen MR) is 115 cm³/mol. The zero-order chi connectivity index (χ0) is 19.7. The van der Waals surface area contributed by atoms with Gasteiger partial charge in [-0.1, -0.05) is 51.4 Å². The molecule has 28 heavy (non-hydrogen) atoms. The highest BCUT2D eigenvalue weighted by atomic mass is 79.9. The topological polar surface area (TPSA) is 93.2 Å². The van der Waals surface area contributed by atoms with Crippen molar-refractivity contribution in [3.63, 3.8) is 0 Å². The molecule has 0 aliphatic heterocycles. The molecule has 0 spiro atoms. The first kappa shape index (κ1) is 18.1. The molecule has 2 amide bonds. The summed E-state index contributed by atoms with van der Waals surface area (Å²) in [4.78, 5) is 12.2. The van der Waals surface area contributed by atoms with E-state index < -0.39 is 0 Å². The molecule has 0 saturated carbocycles. The number of fused-ring (bicyclic) bond motifs is 1. The third-order valence-corrected chi connectivity index (χ3v) is 4.89. The van der Waals surface area contributed by atoms with Gasteiger partial charge in [0.1, 0.15) is 5.52 Å². The molecule has 0 radical (unpaired) electrons. The third kappa shape index (κ3) is 3.57. The molecule has 0 atom stereocenters. The van der Waals surface area contributed by atoms with E-state index in [9.17, 15) is 4.79 Å². The summed E-state index contributed by atoms with van der Waals surface area (Å²) in [6.45, 7) is 1.96. The number of nitrogen functional groups attached to an aromatic ring is 1. The summed E-state index contributed by atoms with van der Waals surface area (Å²) in [6, 6.07) is 18.6. The van der Waals surface area contributed by atoms with Crippen LogP contribution in [0.15, 0.2) is 69.7 Å². The number of halogens is 1. The van der Waals surface area contributed by atoms with Gasteiger partial charge >= 0.3 is 6.03 Å². The van der Waals surface area contributed by atoms with Crippen LogP contribution in [0.4, 0.5) is 22.1 Å². The van der Waals surface area contributed by atoms with Crippen LogP contribution in [0, 0.1) is 6.92 Å². The number of rotatable bonds is 3. The second kappa shape index (κ2) is 7.36.